The number of nitrogens with zero attached hydrogens (tertiary/aromatic N) is 1. The second-order valence-electron chi connectivity index (χ2n) is 5.89. The number of benzene rings is 1. The van der Waals surface area contributed by atoms with Crippen molar-refractivity contribution >= 4 is 5.69 Å². The van der Waals surface area contributed by atoms with Crippen LogP contribution in [0, 0.1) is 6.92 Å². The first-order chi connectivity index (χ1) is 10.1. The number of rotatable bonds is 5. The third-order valence-corrected chi connectivity index (χ3v) is 4.36. The molecule has 0 aliphatic carbocycles. The van der Waals surface area contributed by atoms with Gasteiger partial charge in [0.25, 0.3) is 0 Å². The molecular formula is C18H29NO2. The Kier molecular flexibility index (Phi) is 5.65. The summed E-state index contributed by atoms with van der Waals surface area (Å²) in [5, 5.41) is 0. The van der Waals surface area contributed by atoms with Crippen molar-refractivity contribution in [2.75, 3.05) is 18.0 Å². The molecule has 0 aromatic heterocycles. The van der Waals surface area contributed by atoms with Crippen LogP contribution in [0.2, 0.25) is 0 Å². The largest absolute Gasteiger partial charge is 0.372 e. The van der Waals surface area contributed by atoms with Crippen LogP contribution < -0.4 is 4.90 Å². The molecule has 2 rings (SSSR count). The van der Waals surface area contributed by atoms with Crippen LogP contribution in [0.25, 0.3) is 0 Å². The van der Waals surface area contributed by atoms with E-state index in [0.29, 0.717) is 6.10 Å². The first-order valence-electron chi connectivity index (χ1n) is 8.25. The lowest BCUT2D eigenvalue weighted by atomic mass is 10.0. The molecule has 3 heteroatoms. The fraction of sp³-hybridized carbons (Fsp3) is 0.667. The van der Waals surface area contributed by atoms with E-state index in [1.54, 1.807) is 0 Å². The van der Waals surface area contributed by atoms with Crippen molar-refractivity contribution in [1.82, 2.24) is 0 Å². The fourth-order valence-electron chi connectivity index (χ4n) is 3.02. The molecule has 1 aromatic rings. The molecule has 0 N–H and O–H groups in total. The highest BCUT2D eigenvalue weighted by molar-refractivity contribution is 5.51. The maximum atomic E-state index is 6.09. The highest BCUT2D eigenvalue weighted by atomic mass is 16.7. The van der Waals surface area contributed by atoms with Crippen LogP contribution in [-0.2, 0) is 9.47 Å². The van der Waals surface area contributed by atoms with Gasteiger partial charge in [0.2, 0.25) is 0 Å². The van der Waals surface area contributed by atoms with E-state index >= 15 is 0 Å². The average Bonchev–Trinajstić information content (AvgIpc) is 2.48. The van der Waals surface area contributed by atoms with Crippen LogP contribution >= 0.6 is 0 Å². The lowest BCUT2D eigenvalue weighted by Gasteiger charge is -2.35. The Hall–Kier alpha value is -1.06. The van der Waals surface area contributed by atoms with E-state index in [-0.39, 0.29) is 12.4 Å². The van der Waals surface area contributed by atoms with Gasteiger partial charge >= 0.3 is 0 Å². The van der Waals surface area contributed by atoms with E-state index < -0.39 is 0 Å². The molecule has 0 bridgehead atoms. The zero-order valence-corrected chi connectivity index (χ0v) is 14.1. The lowest BCUT2D eigenvalue weighted by Crippen LogP contribution is -2.32. The van der Waals surface area contributed by atoms with E-state index in [0.717, 1.165) is 31.5 Å². The summed E-state index contributed by atoms with van der Waals surface area (Å²) in [7, 11) is 0. The van der Waals surface area contributed by atoms with Gasteiger partial charge in [-0.25, -0.2) is 0 Å². The Bertz CT molecular complexity index is 457. The summed E-state index contributed by atoms with van der Waals surface area (Å²) in [5.41, 5.74) is 3.68. The molecule has 3 atom stereocenters. The summed E-state index contributed by atoms with van der Waals surface area (Å²) in [6, 6.07) is 6.59. The van der Waals surface area contributed by atoms with E-state index in [9.17, 15) is 0 Å². The summed E-state index contributed by atoms with van der Waals surface area (Å²) in [4.78, 5) is 2.36. The molecule has 1 aromatic carbocycles. The number of aryl methyl sites for hydroxylation is 1. The maximum Gasteiger partial charge on any atom is 0.184 e. The Morgan fingerprint density at radius 2 is 1.86 bits per heavy atom. The summed E-state index contributed by atoms with van der Waals surface area (Å²) in [6.45, 7) is 12.9. The van der Waals surface area contributed by atoms with Crippen LogP contribution in [-0.4, -0.2) is 25.3 Å². The molecule has 0 spiro atoms. The molecule has 1 aliphatic rings. The zero-order valence-electron chi connectivity index (χ0n) is 14.1. The van der Waals surface area contributed by atoms with Gasteiger partial charge in [0.1, 0.15) is 0 Å². The minimum Gasteiger partial charge on any atom is -0.372 e. The van der Waals surface area contributed by atoms with Crippen molar-refractivity contribution in [2.24, 2.45) is 0 Å². The first-order valence-corrected chi connectivity index (χ1v) is 8.25. The molecular weight excluding hydrogens is 262 g/mol. The summed E-state index contributed by atoms with van der Waals surface area (Å²) >= 11 is 0. The third-order valence-electron chi connectivity index (χ3n) is 4.36. The molecule has 118 valence electrons. The molecule has 1 fully saturated rings. The van der Waals surface area contributed by atoms with Crippen LogP contribution in [0.15, 0.2) is 18.2 Å². The van der Waals surface area contributed by atoms with Crippen molar-refractivity contribution in [3.63, 3.8) is 0 Å². The van der Waals surface area contributed by atoms with Gasteiger partial charge < -0.3 is 14.4 Å². The SMILES string of the molecule is CCC1CC(C)OC(c2ccc(N(CC)CC)cc2C)O1. The van der Waals surface area contributed by atoms with Gasteiger partial charge in [-0.15, -0.1) is 0 Å². The lowest BCUT2D eigenvalue weighted by molar-refractivity contribution is -0.244. The molecule has 0 radical (unpaired) electrons. The number of ether oxygens (including phenoxy) is 2. The Morgan fingerprint density at radius 1 is 1.14 bits per heavy atom. The van der Waals surface area contributed by atoms with Gasteiger partial charge in [0.15, 0.2) is 6.29 Å². The number of hydrogen-bond acceptors (Lipinski definition) is 3. The van der Waals surface area contributed by atoms with Crippen molar-refractivity contribution in [1.29, 1.82) is 0 Å². The van der Waals surface area contributed by atoms with Gasteiger partial charge in [0, 0.05) is 24.3 Å². The Labute approximate surface area is 129 Å². The number of hydrogen-bond donors (Lipinski definition) is 0. The van der Waals surface area contributed by atoms with E-state index in [4.69, 9.17) is 9.47 Å². The van der Waals surface area contributed by atoms with Crippen LogP contribution in [0.5, 0.6) is 0 Å². The quantitative estimate of drug-likeness (QED) is 0.800. The van der Waals surface area contributed by atoms with Crippen molar-refractivity contribution < 1.29 is 9.47 Å². The van der Waals surface area contributed by atoms with Crippen molar-refractivity contribution in [3.8, 4) is 0 Å². The van der Waals surface area contributed by atoms with Crippen LogP contribution in [0.1, 0.15) is 58.0 Å². The predicted molar refractivity (Wildman–Crippen MR) is 87.8 cm³/mol. The predicted octanol–water partition coefficient (Wildman–Crippen LogP) is 4.44. The second-order valence-corrected chi connectivity index (χ2v) is 5.89. The maximum absolute atomic E-state index is 6.09. The van der Waals surface area contributed by atoms with E-state index in [1.165, 1.54) is 11.3 Å². The Morgan fingerprint density at radius 3 is 2.43 bits per heavy atom. The average molecular weight is 291 g/mol. The minimum atomic E-state index is -0.218. The summed E-state index contributed by atoms with van der Waals surface area (Å²) in [5.74, 6) is 0. The summed E-state index contributed by atoms with van der Waals surface area (Å²) < 4.78 is 12.1. The molecule has 3 nitrogen and oxygen atoms in total. The second kappa shape index (κ2) is 7.28. The van der Waals surface area contributed by atoms with Gasteiger partial charge in [-0.05, 0) is 58.2 Å². The highest BCUT2D eigenvalue weighted by Gasteiger charge is 2.28. The smallest absolute Gasteiger partial charge is 0.184 e. The minimum absolute atomic E-state index is 0.218. The summed E-state index contributed by atoms with van der Waals surface area (Å²) in [6.07, 6.45) is 2.38. The monoisotopic (exact) mass is 291 g/mol. The standard InChI is InChI=1S/C18H29NO2/c1-6-16-12-14(5)20-18(21-16)17-10-9-15(11-13(17)4)19(7-2)8-3/h9-11,14,16,18H,6-8,12H2,1-5H3. The highest BCUT2D eigenvalue weighted by Crippen LogP contribution is 2.33. The van der Waals surface area contributed by atoms with Gasteiger partial charge in [-0.1, -0.05) is 13.0 Å². The third kappa shape index (κ3) is 3.78. The number of anilines is 1. The van der Waals surface area contributed by atoms with Gasteiger partial charge in [-0.3, -0.25) is 0 Å². The van der Waals surface area contributed by atoms with Crippen molar-refractivity contribution in [3.05, 3.63) is 29.3 Å². The van der Waals surface area contributed by atoms with Crippen LogP contribution in [0.3, 0.4) is 0 Å². The Balaban J connectivity index is 2.20. The van der Waals surface area contributed by atoms with Crippen molar-refractivity contribution in [2.45, 2.75) is 66.0 Å². The fourth-order valence-corrected chi connectivity index (χ4v) is 3.02. The zero-order chi connectivity index (χ0) is 15.4. The van der Waals surface area contributed by atoms with E-state index in [2.05, 4.69) is 57.7 Å². The topological polar surface area (TPSA) is 21.7 Å². The van der Waals surface area contributed by atoms with E-state index in [1.807, 2.05) is 0 Å². The van der Waals surface area contributed by atoms with Gasteiger partial charge in [-0.2, -0.15) is 0 Å². The molecule has 3 unspecified atom stereocenters. The van der Waals surface area contributed by atoms with Gasteiger partial charge in [0.05, 0.1) is 12.2 Å². The molecule has 1 heterocycles. The molecule has 0 amide bonds. The molecule has 21 heavy (non-hydrogen) atoms. The first kappa shape index (κ1) is 16.3. The van der Waals surface area contributed by atoms with Crippen LogP contribution in [0.4, 0.5) is 5.69 Å². The molecule has 1 saturated heterocycles. The normalized spacial score (nSPS) is 25.9. The molecule has 0 saturated carbocycles. The molecule has 1 aliphatic heterocycles.